The molecule has 3 aromatic rings. The fraction of sp³-hybridized carbons (Fsp3) is 0. The number of nitrogens with zero attached hydrogens (tertiary/aromatic N) is 2. The Balaban J connectivity index is 2.18. The molecule has 0 amide bonds. The normalized spacial score (nSPS) is 10.4. The third-order valence-corrected chi connectivity index (χ3v) is 2.65. The molecule has 3 nitrogen and oxygen atoms in total. The molecule has 82 valence electrons. The van der Waals surface area contributed by atoms with Gasteiger partial charge >= 0.3 is 0 Å². The average Bonchev–Trinajstić information content (AvgIpc) is 2.94. The van der Waals surface area contributed by atoms with Crippen LogP contribution in [0.4, 0.5) is 0 Å². The second kappa shape index (κ2) is 4.22. The van der Waals surface area contributed by atoms with Crippen LogP contribution in [0.25, 0.3) is 22.5 Å². The molecule has 0 bridgehead atoms. The van der Waals surface area contributed by atoms with Gasteiger partial charge in [0.15, 0.2) is 0 Å². The summed E-state index contributed by atoms with van der Waals surface area (Å²) >= 11 is 0. The molecule has 0 aliphatic heterocycles. The van der Waals surface area contributed by atoms with Gasteiger partial charge in [0.2, 0.25) is 0 Å². The molecule has 3 heteroatoms. The quantitative estimate of drug-likeness (QED) is 0.722. The number of aromatic amines is 1. The molecular formula is C14H11N3. The monoisotopic (exact) mass is 221 g/mol. The van der Waals surface area contributed by atoms with Gasteiger partial charge in [-0.2, -0.15) is 5.10 Å². The summed E-state index contributed by atoms with van der Waals surface area (Å²) in [4.78, 5) is 4.43. The minimum absolute atomic E-state index is 0.927. The summed E-state index contributed by atoms with van der Waals surface area (Å²) in [5.74, 6) is 0. The zero-order valence-corrected chi connectivity index (χ0v) is 9.17. The van der Waals surface area contributed by atoms with Crippen molar-refractivity contribution in [1.29, 1.82) is 0 Å². The van der Waals surface area contributed by atoms with Crippen LogP contribution in [-0.4, -0.2) is 15.2 Å². The fourth-order valence-electron chi connectivity index (χ4n) is 1.86. The first-order valence-electron chi connectivity index (χ1n) is 5.45. The number of hydrogen-bond acceptors (Lipinski definition) is 2. The fourth-order valence-corrected chi connectivity index (χ4v) is 1.86. The summed E-state index contributed by atoms with van der Waals surface area (Å²) in [5, 5.41) is 6.92. The molecule has 3 rings (SSSR count). The van der Waals surface area contributed by atoms with Crippen molar-refractivity contribution in [3.63, 3.8) is 0 Å². The molecule has 0 saturated carbocycles. The molecular weight excluding hydrogens is 210 g/mol. The standard InChI is InChI=1S/C14H11N3/c1-2-5-11(6-3-1)12-7-4-9-15-14(12)13-8-10-16-17-13/h1-10H,(H,16,17). The van der Waals surface area contributed by atoms with Gasteiger partial charge in [-0.15, -0.1) is 0 Å². The van der Waals surface area contributed by atoms with Gasteiger partial charge in [0.05, 0.1) is 11.4 Å². The van der Waals surface area contributed by atoms with Crippen molar-refractivity contribution in [1.82, 2.24) is 15.2 Å². The van der Waals surface area contributed by atoms with Crippen LogP contribution in [0.2, 0.25) is 0 Å². The lowest BCUT2D eigenvalue weighted by Crippen LogP contribution is -1.88. The second-order valence-electron chi connectivity index (χ2n) is 3.74. The van der Waals surface area contributed by atoms with E-state index in [2.05, 4.69) is 33.4 Å². The van der Waals surface area contributed by atoms with Gasteiger partial charge in [0.25, 0.3) is 0 Å². The number of pyridine rings is 1. The van der Waals surface area contributed by atoms with E-state index in [4.69, 9.17) is 0 Å². The second-order valence-corrected chi connectivity index (χ2v) is 3.74. The van der Waals surface area contributed by atoms with Gasteiger partial charge in [0, 0.05) is 18.0 Å². The maximum Gasteiger partial charge on any atom is 0.0958 e. The van der Waals surface area contributed by atoms with E-state index in [1.165, 1.54) is 0 Å². The zero-order chi connectivity index (χ0) is 11.5. The van der Waals surface area contributed by atoms with Gasteiger partial charge in [-0.1, -0.05) is 36.4 Å². The molecule has 0 saturated heterocycles. The minimum atomic E-state index is 0.927. The lowest BCUT2D eigenvalue weighted by atomic mass is 10.0. The van der Waals surface area contributed by atoms with Crippen molar-refractivity contribution in [2.75, 3.05) is 0 Å². The maximum atomic E-state index is 4.43. The van der Waals surface area contributed by atoms with Crippen LogP contribution in [0.3, 0.4) is 0 Å². The number of H-pyrrole nitrogens is 1. The molecule has 0 fully saturated rings. The van der Waals surface area contributed by atoms with Crippen molar-refractivity contribution in [2.24, 2.45) is 0 Å². The molecule has 1 aromatic carbocycles. The van der Waals surface area contributed by atoms with Crippen molar-refractivity contribution >= 4 is 0 Å². The molecule has 0 atom stereocenters. The molecule has 0 aliphatic carbocycles. The van der Waals surface area contributed by atoms with E-state index in [1.54, 1.807) is 12.4 Å². The first-order valence-corrected chi connectivity index (χ1v) is 5.45. The highest BCUT2D eigenvalue weighted by Gasteiger charge is 2.08. The van der Waals surface area contributed by atoms with Gasteiger partial charge in [-0.25, -0.2) is 0 Å². The Morgan fingerprint density at radius 1 is 0.824 bits per heavy atom. The van der Waals surface area contributed by atoms with Gasteiger partial charge in [-0.3, -0.25) is 10.1 Å². The number of aromatic nitrogens is 3. The third-order valence-electron chi connectivity index (χ3n) is 2.65. The topological polar surface area (TPSA) is 41.6 Å². The van der Waals surface area contributed by atoms with Crippen LogP contribution < -0.4 is 0 Å². The van der Waals surface area contributed by atoms with Gasteiger partial charge < -0.3 is 0 Å². The first kappa shape index (κ1) is 9.78. The number of hydrogen-bond donors (Lipinski definition) is 1. The van der Waals surface area contributed by atoms with Gasteiger partial charge in [-0.05, 0) is 17.7 Å². The molecule has 2 heterocycles. The Labute approximate surface area is 99.2 Å². The summed E-state index contributed by atoms with van der Waals surface area (Å²) in [5.41, 5.74) is 4.13. The summed E-state index contributed by atoms with van der Waals surface area (Å²) in [6, 6.07) is 16.2. The van der Waals surface area contributed by atoms with Crippen LogP contribution >= 0.6 is 0 Å². The molecule has 1 N–H and O–H groups in total. The molecule has 0 radical (unpaired) electrons. The molecule has 2 aromatic heterocycles. The van der Waals surface area contributed by atoms with Crippen molar-refractivity contribution in [2.45, 2.75) is 0 Å². The Hall–Kier alpha value is -2.42. The average molecular weight is 221 g/mol. The highest BCUT2D eigenvalue weighted by atomic mass is 15.1. The van der Waals surface area contributed by atoms with E-state index in [-0.39, 0.29) is 0 Å². The predicted octanol–water partition coefficient (Wildman–Crippen LogP) is 3.14. The van der Waals surface area contributed by atoms with Crippen LogP contribution in [0.15, 0.2) is 60.9 Å². The summed E-state index contributed by atoms with van der Waals surface area (Å²) in [6.45, 7) is 0. The zero-order valence-electron chi connectivity index (χ0n) is 9.17. The van der Waals surface area contributed by atoms with Crippen LogP contribution in [0.1, 0.15) is 0 Å². The van der Waals surface area contributed by atoms with Crippen molar-refractivity contribution in [3.8, 4) is 22.5 Å². The predicted molar refractivity (Wildman–Crippen MR) is 67.3 cm³/mol. The number of nitrogens with one attached hydrogen (secondary N) is 1. The van der Waals surface area contributed by atoms with E-state index in [1.807, 2.05) is 30.3 Å². The SMILES string of the molecule is c1ccc(-c2cccnc2-c2ccn[nH]2)cc1. The van der Waals surface area contributed by atoms with Crippen LogP contribution in [0.5, 0.6) is 0 Å². The van der Waals surface area contributed by atoms with E-state index >= 15 is 0 Å². The highest BCUT2D eigenvalue weighted by molar-refractivity contribution is 5.78. The van der Waals surface area contributed by atoms with Gasteiger partial charge in [0.1, 0.15) is 0 Å². The summed E-state index contributed by atoms with van der Waals surface area (Å²) in [6.07, 6.45) is 3.53. The first-order chi connectivity index (χ1) is 8.45. The largest absolute Gasteiger partial charge is 0.276 e. The molecule has 0 unspecified atom stereocenters. The van der Waals surface area contributed by atoms with E-state index in [0.29, 0.717) is 0 Å². The third kappa shape index (κ3) is 1.83. The van der Waals surface area contributed by atoms with E-state index in [0.717, 1.165) is 22.5 Å². The maximum absolute atomic E-state index is 4.43. The summed E-state index contributed by atoms with van der Waals surface area (Å²) < 4.78 is 0. The van der Waals surface area contributed by atoms with Crippen molar-refractivity contribution in [3.05, 3.63) is 60.9 Å². The van der Waals surface area contributed by atoms with Crippen LogP contribution in [0, 0.1) is 0 Å². The van der Waals surface area contributed by atoms with E-state index < -0.39 is 0 Å². The Morgan fingerprint density at radius 2 is 1.71 bits per heavy atom. The highest BCUT2D eigenvalue weighted by Crippen LogP contribution is 2.28. The minimum Gasteiger partial charge on any atom is -0.276 e. The lowest BCUT2D eigenvalue weighted by Gasteiger charge is -2.06. The molecule has 0 aliphatic rings. The lowest BCUT2D eigenvalue weighted by molar-refractivity contribution is 1.09. The smallest absolute Gasteiger partial charge is 0.0958 e. The Morgan fingerprint density at radius 3 is 2.47 bits per heavy atom. The van der Waals surface area contributed by atoms with Crippen LogP contribution in [-0.2, 0) is 0 Å². The van der Waals surface area contributed by atoms with E-state index in [9.17, 15) is 0 Å². The Kier molecular flexibility index (Phi) is 2.43. The summed E-state index contributed by atoms with van der Waals surface area (Å²) in [7, 11) is 0. The number of benzene rings is 1. The molecule has 0 spiro atoms. The van der Waals surface area contributed by atoms with Crippen molar-refractivity contribution < 1.29 is 0 Å². The molecule has 17 heavy (non-hydrogen) atoms. The number of rotatable bonds is 2. The Bertz CT molecular complexity index is 600.